The Labute approximate surface area is 161 Å². The van der Waals surface area contributed by atoms with Gasteiger partial charge >= 0.3 is 5.97 Å². The molecule has 3 aromatic rings. The smallest absolute Gasteiger partial charge is 0.338 e. The summed E-state index contributed by atoms with van der Waals surface area (Å²) in [6.45, 7) is 1.42. The Hall–Kier alpha value is -3.42. The van der Waals surface area contributed by atoms with Crippen LogP contribution in [-0.4, -0.2) is 40.9 Å². The van der Waals surface area contributed by atoms with Crippen LogP contribution in [0.1, 0.15) is 29.1 Å². The van der Waals surface area contributed by atoms with Crippen molar-refractivity contribution in [3.63, 3.8) is 0 Å². The fourth-order valence-corrected chi connectivity index (χ4v) is 2.73. The molecule has 1 aliphatic heterocycles. The van der Waals surface area contributed by atoms with Crippen LogP contribution in [0.5, 0.6) is 11.5 Å². The average molecular weight is 381 g/mol. The first-order chi connectivity index (χ1) is 13.8. The molecule has 0 unspecified atom stereocenters. The number of ether oxygens (including phenoxy) is 3. The topological polar surface area (TPSA) is 96.6 Å². The molecular formula is C20H19N3O5. The van der Waals surface area contributed by atoms with Crippen molar-refractivity contribution in [1.82, 2.24) is 15.1 Å². The molecule has 0 saturated heterocycles. The molecule has 0 saturated carbocycles. The minimum absolute atomic E-state index is 0.248. The highest BCUT2D eigenvalue weighted by Gasteiger charge is 2.15. The van der Waals surface area contributed by atoms with Gasteiger partial charge in [-0.2, -0.15) is 4.98 Å². The molecule has 0 spiro atoms. The van der Waals surface area contributed by atoms with Gasteiger partial charge in [0.05, 0.1) is 25.4 Å². The van der Waals surface area contributed by atoms with Crippen molar-refractivity contribution in [2.75, 3.05) is 19.8 Å². The van der Waals surface area contributed by atoms with Gasteiger partial charge in [-0.15, -0.1) is 0 Å². The largest absolute Gasteiger partial charge is 0.490 e. The van der Waals surface area contributed by atoms with Crippen molar-refractivity contribution in [1.29, 1.82) is 0 Å². The number of hydrogen-bond donors (Lipinski definition) is 0. The summed E-state index contributed by atoms with van der Waals surface area (Å²) in [6.07, 6.45) is 5.26. The summed E-state index contributed by atoms with van der Waals surface area (Å²) < 4.78 is 21.7. The van der Waals surface area contributed by atoms with Crippen LogP contribution in [0.4, 0.5) is 0 Å². The molecule has 2 aromatic heterocycles. The van der Waals surface area contributed by atoms with Crippen LogP contribution in [0.25, 0.3) is 11.4 Å². The van der Waals surface area contributed by atoms with E-state index in [1.165, 1.54) is 0 Å². The second-order valence-corrected chi connectivity index (χ2v) is 6.20. The maximum absolute atomic E-state index is 12.2. The fraction of sp³-hybridized carbons (Fsp3) is 0.300. The van der Waals surface area contributed by atoms with Crippen molar-refractivity contribution >= 4 is 5.97 Å². The summed E-state index contributed by atoms with van der Waals surface area (Å²) in [5.41, 5.74) is 1.22. The highest BCUT2D eigenvalue weighted by Crippen LogP contribution is 2.30. The molecular weight excluding hydrogens is 362 g/mol. The zero-order chi connectivity index (χ0) is 19.2. The Kier molecular flexibility index (Phi) is 5.46. The first kappa shape index (κ1) is 18.0. The average Bonchev–Trinajstić information content (AvgIpc) is 3.08. The molecule has 0 radical (unpaired) electrons. The maximum atomic E-state index is 12.2. The van der Waals surface area contributed by atoms with Gasteiger partial charge in [0.1, 0.15) is 0 Å². The third kappa shape index (κ3) is 4.28. The molecule has 0 fully saturated rings. The lowest BCUT2D eigenvalue weighted by atomic mass is 10.2. The second-order valence-electron chi connectivity index (χ2n) is 6.20. The predicted molar refractivity (Wildman–Crippen MR) is 98.2 cm³/mol. The Morgan fingerprint density at radius 2 is 2.04 bits per heavy atom. The van der Waals surface area contributed by atoms with E-state index in [2.05, 4.69) is 15.1 Å². The molecule has 144 valence electrons. The number of pyridine rings is 1. The highest BCUT2D eigenvalue weighted by molar-refractivity contribution is 5.90. The number of aryl methyl sites for hydroxylation is 1. The van der Waals surface area contributed by atoms with Crippen molar-refractivity contribution in [2.45, 2.75) is 19.3 Å². The molecule has 8 heteroatoms. The first-order valence-electron chi connectivity index (χ1n) is 9.09. The van der Waals surface area contributed by atoms with Gasteiger partial charge < -0.3 is 18.7 Å². The van der Waals surface area contributed by atoms with Gasteiger partial charge in [0, 0.05) is 30.8 Å². The lowest BCUT2D eigenvalue weighted by molar-refractivity contribution is 0.0498. The molecule has 0 aliphatic carbocycles. The van der Waals surface area contributed by atoms with Crippen LogP contribution in [-0.2, 0) is 11.2 Å². The SMILES string of the molecule is O=C(OCCCc1nc(-c2cccnc2)no1)c1ccc2c(c1)OCCCO2. The minimum Gasteiger partial charge on any atom is -0.490 e. The molecule has 8 nitrogen and oxygen atoms in total. The predicted octanol–water partition coefficient (Wildman–Crippen LogP) is 3.08. The number of rotatable bonds is 6. The van der Waals surface area contributed by atoms with Gasteiger partial charge in [-0.3, -0.25) is 4.98 Å². The number of carbonyl (C=O) groups is 1. The number of esters is 1. The highest BCUT2D eigenvalue weighted by atomic mass is 16.5. The summed E-state index contributed by atoms with van der Waals surface area (Å²) in [7, 11) is 0. The number of carbonyl (C=O) groups excluding carboxylic acids is 1. The lowest BCUT2D eigenvalue weighted by Gasteiger charge is -2.09. The van der Waals surface area contributed by atoms with E-state index in [0.29, 0.717) is 54.8 Å². The van der Waals surface area contributed by atoms with Gasteiger partial charge in [0.2, 0.25) is 11.7 Å². The van der Waals surface area contributed by atoms with Crippen molar-refractivity contribution < 1.29 is 23.5 Å². The zero-order valence-corrected chi connectivity index (χ0v) is 15.2. The first-order valence-corrected chi connectivity index (χ1v) is 9.09. The molecule has 0 N–H and O–H groups in total. The maximum Gasteiger partial charge on any atom is 0.338 e. The van der Waals surface area contributed by atoms with Gasteiger partial charge in [0.25, 0.3) is 0 Å². The molecule has 0 atom stereocenters. The number of nitrogens with zero attached hydrogens (tertiary/aromatic N) is 3. The van der Waals surface area contributed by atoms with Crippen molar-refractivity contribution in [3.8, 4) is 22.9 Å². The van der Waals surface area contributed by atoms with Crippen LogP contribution in [0.3, 0.4) is 0 Å². The Balaban J connectivity index is 1.27. The quantitative estimate of drug-likeness (QED) is 0.475. The molecule has 0 bridgehead atoms. The van der Waals surface area contributed by atoms with E-state index in [9.17, 15) is 4.79 Å². The molecule has 28 heavy (non-hydrogen) atoms. The van der Waals surface area contributed by atoms with E-state index in [4.69, 9.17) is 18.7 Å². The van der Waals surface area contributed by atoms with Gasteiger partial charge in [-0.05, 0) is 36.8 Å². The third-order valence-electron chi connectivity index (χ3n) is 4.14. The van der Waals surface area contributed by atoms with E-state index >= 15 is 0 Å². The van der Waals surface area contributed by atoms with Gasteiger partial charge in [0.15, 0.2) is 11.5 Å². The van der Waals surface area contributed by atoms with Crippen LogP contribution < -0.4 is 9.47 Å². The van der Waals surface area contributed by atoms with Crippen LogP contribution in [0, 0.1) is 0 Å². The van der Waals surface area contributed by atoms with E-state index in [1.807, 2.05) is 12.1 Å². The lowest BCUT2D eigenvalue weighted by Crippen LogP contribution is -2.07. The van der Waals surface area contributed by atoms with E-state index < -0.39 is 5.97 Å². The summed E-state index contributed by atoms with van der Waals surface area (Å²) in [4.78, 5) is 20.6. The number of aromatic nitrogens is 3. The molecule has 1 aliphatic rings. The standard InChI is InChI=1S/C20H19N3O5/c24-20(14-6-7-16-17(12-14)26-11-3-10-25-16)27-9-2-5-18-22-19(23-28-18)15-4-1-8-21-13-15/h1,4,6-8,12-13H,2-3,5,9-11H2. The van der Waals surface area contributed by atoms with Crippen LogP contribution >= 0.6 is 0 Å². The summed E-state index contributed by atoms with van der Waals surface area (Å²) in [6, 6.07) is 8.73. The Morgan fingerprint density at radius 1 is 1.14 bits per heavy atom. The van der Waals surface area contributed by atoms with E-state index in [1.54, 1.807) is 30.6 Å². The number of hydrogen-bond acceptors (Lipinski definition) is 8. The Morgan fingerprint density at radius 3 is 2.89 bits per heavy atom. The molecule has 3 heterocycles. The zero-order valence-electron chi connectivity index (χ0n) is 15.2. The fourth-order valence-electron chi connectivity index (χ4n) is 2.73. The summed E-state index contributed by atoms with van der Waals surface area (Å²) in [5, 5.41) is 3.94. The van der Waals surface area contributed by atoms with Crippen molar-refractivity contribution in [2.24, 2.45) is 0 Å². The van der Waals surface area contributed by atoms with Gasteiger partial charge in [-0.25, -0.2) is 4.79 Å². The molecule has 4 rings (SSSR count). The van der Waals surface area contributed by atoms with Crippen LogP contribution in [0.2, 0.25) is 0 Å². The van der Waals surface area contributed by atoms with Gasteiger partial charge in [-0.1, -0.05) is 5.16 Å². The summed E-state index contributed by atoms with van der Waals surface area (Å²) in [5.74, 6) is 1.80. The minimum atomic E-state index is -0.405. The third-order valence-corrected chi connectivity index (χ3v) is 4.14. The normalized spacial score (nSPS) is 13.0. The second kappa shape index (κ2) is 8.51. The number of fused-ring (bicyclic) bond motifs is 1. The van der Waals surface area contributed by atoms with Crippen LogP contribution in [0.15, 0.2) is 47.2 Å². The van der Waals surface area contributed by atoms with E-state index in [0.717, 1.165) is 12.0 Å². The Bertz CT molecular complexity index is 942. The number of benzene rings is 1. The van der Waals surface area contributed by atoms with Crippen molar-refractivity contribution in [3.05, 3.63) is 54.2 Å². The monoisotopic (exact) mass is 381 g/mol. The summed E-state index contributed by atoms with van der Waals surface area (Å²) >= 11 is 0. The van der Waals surface area contributed by atoms with E-state index in [-0.39, 0.29) is 6.61 Å². The molecule has 0 amide bonds. The molecule has 1 aromatic carbocycles.